The first-order valence-electron chi connectivity index (χ1n) is 7.47. The molecule has 3 aromatic rings. The maximum Gasteiger partial charge on any atom is 0.201 e. The fourth-order valence-corrected chi connectivity index (χ4v) is 2.52. The van der Waals surface area contributed by atoms with Crippen LogP contribution in [0.1, 0.15) is 15.9 Å². The van der Waals surface area contributed by atoms with Crippen LogP contribution < -0.4 is 0 Å². The van der Waals surface area contributed by atoms with Gasteiger partial charge in [-0.1, -0.05) is 54.6 Å². The molecule has 0 spiro atoms. The summed E-state index contributed by atoms with van der Waals surface area (Å²) >= 11 is 0. The number of ketones is 1. The lowest BCUT2D eigenvalue weighted by Crippen LogP contribution is -2.04. The molecule has 0 saturated carbocycles. The quantitative estimate of drug-likeness (QED) is 0.503. The highest BCUT2D eigenvalue weighted by Gasteiger charge is 2.17. The summed E-state index contributed by atoms with van der Waals surface area (Å²) in [6.45, 7) is 0. The predicted octanol–water partition coefficient (Wildman–Crippen LogP) is 3.90. The van der Waals surface area contributed by atoms with Gasteiger partial charge in [0.05, 0.1) is 5.56 Å². The van der Waals surface area contributed by atoms with Crippen LogP contribution in [0.15, 0.2) is 66.7 Å². The monoisotopic (exact) mass is 320 g/mol. The molecule has 0 bridgehead atoms. The summed E-state index contributed by atoms with van der Waals surface area (Å²) in [6.07, 6.45) is 0.0901. The maximum atomic E-state index is 12.3. The highest BCUT2D eigenvalue weighted by molar-refractivity contribution is 6.01. The number of carbonyl (C=O) groups is 1. The minimum Gasteiger partial charge on any atom is -0.504 e. The van der Waals surface area contributed by atoms with E-state index in [-0.39, 0.29) is 17.8 Å². The molecule has 3 rings (SSSR count). The standard InChI is InChI=1S/C20H16O4/c21-17-11-10-16(19(23)20(17)24)18(22)12-13-6-8-15(9-7-13)14-4-2-1-3-5-14/h1-11,21,23-24H,12H2. The van der Waals surface area contributed by atoms with Crippen LogP contribution >= 0.6 is 0 Å². The van der Waals surface area contributed by atoms with Gasteiger partial charge in [-0.25, -0.2) is 0 Å². The van der Waals surface area contributed by atoms with Crippen molar-refractivity contribution in [2.75, 3.05) is 0 Å². The molecule has 0 unspecified atom stereocenters. The summed E-state index contributed by atoms with van der Waals surface area (Å²) in [5.74, 6) is -2.08. The summed E-state index contributed by atoms with van der Waals surface area (Å²) in [5, 5.41) is 28.6. The molecule has 0 aromatic heterocycles. The van der Waals surface area contributed by atoms with E-state index < -0.39 is 17.2 Å². The van der Waals surface area contributed by atoms with E-state index in [1.54, 1.807) is 0 Å². The number of phenols is 3. The SMILES string of the molecule is O=C(Cc1ccc(-c2ccccc2)cc1)c1ccc(O)c(O)c1O. The third-order valence-corrected chi connectivity index (χ3v) is 3.86. The lowest BCUT2D eigenvalue weighted by atomic mass is 9.99. The molecule has 0 aliphatic heterocycles. The third-order valence-electron chi connectivity index (χ3n) is 3.86. The van der Waals surface area contributed by atoms with Crippen LogP contribution in [0.4, 0.5) is 0 Å². The Morgan fingerprint density at radius 3 is 2.00 bits per heavy atom. The predicted molar refractivity (Wildman–Crippen MR) is 91.3 cm³/mol. The number of benzene rings is 3. The average molecular weight is 320 g/mol. The highest BCUT2D eigenvalue weighted by atomic mass is 16.3. The van der Waals surface area contributed by atoms with Crippen molar-refractivity contribution in [1.29, 1.82) is 0 Å². The fourth-order valence-electron chi connectivity index (χ4n) is 2.52. The number of hydrogen-bond acceptors (Lipinski definition) is 4. The van der Waals surface area contributed by atoms with Crippen molar-refractivity contribution < 1.29 is 20.1 Å². The Hall–Kier alpha value is -3.27. The van der Waals surface area contributed by atoms with Gasteiger partial charge in [-0.15, -0.1) is 0 Å². The first-order chi connectivity index (χ1) is 11.6. The van der Waals surface area contributed by atoms with Crippen molar-refractivity contribution in [2.45, 2.75) is 6.42 Å². The molecule has 4 heteroatoms. The second-order valence-electron chi connectivity index (χ2n) is 5.49. The number of phenolic OH excluding ortho intramolecular Hbond substituents is 3. The molecule has 0 fully saturated rings. The number of carbonyl (C=O) groups excluding carboxylic acids is 1. The zero-order valence-corrected chi connectivity index (χ0v) is 12.8. The summed E-state index contributed by atoms with van der Waals surface area (Å²) < 4.78 is 0. The van der Waals surface area contributed by atoms with E-state index in [0.29, 0.717) is 0 Å². The molecule has 3 aromatic carbocycles. The zero-order chi connectivity index (χ0) is 17.1. The number of Topliss-reactive ketones (excluding diaryl/α,β-unsaturated/α-hetero) is 1. The van der Waals surface area contributed by atoms with E-state index in [2.05, 4.69) is 0 Å². The van der Waals surface area contributed by atoms with Gasteiger partial charge >= 0.3 is 0 Å². The van der Waals surface area contributed by atoms with Crippen LogP contribution in [0.2, 0.25) is 0 Å². The van der Waals surface area contributed by atoms with Crippen LogP contribution in [0.5, 0.6) is 17.2 Å². The smallest absolute Gasteiger partial charge is 0.201 e. The third kappa shape index (κ3) is 3.08. The number of hydrogen-bond donors (Lipinski definition) is 3. The Balaban J connectivity index is 1.79. The minimum absolute atomic E-state index is 0.0163. The van der Waals surface area contributed by atoms with Gasteiger partial charge in [0.2, 0.25) is 5.75 Å². The van der Waals surface area contributed by atoms with Crippen molar-refractivity contribution in [3.8, 4) is 28.4 Å². The lowest BCUT2D eigenvalue weighted by molar-refractivity contribution is 0.0989. The van der Waals surface area contributed by atoms with Crippen LogP contribution in [-0.2, 0) is 6.42 Å². The number of aromatic hydroxyl groups is 3. The van der Waals surface area contributed by atoms with E-state index in [1.807, 2.05) is 54.6 Å². The Labute approximate surface area is 139 Å². The molecule has 0 saturated heterocycles. The van der Waals surface area contributed by atoms with E-state index in [4.69, 9.17) is 0 Å². The van der Waals surface area contributed by atoms with Gasteiger partial charge in [0, 0.05) is 6.42 Å². The average Bonchev–Trinajstić information content (AvgIpc) is 2.61. The molecule has 0 amide bonds. The van der Waals surface area contributed by atoms with Gasteiger partial charge in [0.25, 0.3) is 0 Å². The Kier molecular flexibility index (Phi) is 4.20. The van der Waals surface area contributed by atoms with Crippen molar-refractivity contribution in [3.63, 3.8) is 0 Å². The van der Waals surface area contributed by atoms with E-state index in [1.165, 1.54) is 12.1 Å². The molecule has 0 radical (unpaired) electrons. The summed E-state index contributed by atoms with van der Waals surface area (Å²) in [5.41, 5.74) is 2.93. The van der Waals surface area contributed by atoms with E-state index >= 15 is 0 Å². The van der Waals surface area contributed by atoms with Crippen LogP contribution in [0, 0.1) is 0 Å². The molecule has 0 heterocycles. The first-order valence-corrected chi connectivity index (χ1v) is 7.47. The molecule has 120 valence electrons. The van der Waals surface area contributed by atoms with E-state index in [0.717, 1.165) is 16.7 Å². The van der Waals surface area contributed by atoms with Gasteiger partial charge in [-0.2, -0.15) is 0 Å². The molecular weight excluding hydrogens is 304 g/mol. The van der Waals surface area contributed by atoms with Gasteiger partial charge in [-0.3, -0.25) is 4.79 Å². The lowest BCUT2D eigenvalue weighted by Gasteiger charge is -2.08. The molecule has 3 N–H and O–H groups in total. The Morgan fingerprint density at radius 1 is 0.708 bits per heavy atom. The highest BCUT2D eigenvalue weighted by Crippen LogP contribution is 2.37. The van der Waals surface area contributed by atoms with Gasteiger partial charge in [-0.05, 0) is 28.8 Å². The van der Waals surface area contributed by atoms with Crippen LogP contribution in [0.3, 0.4) is 0 Å². The van der Waals surface area contributed by atoms with Crippen molar-refractivity contribution in [3.05, 3.63) is 77.9 Å². The molecule has 0 aliphatic carbocycles. The van der Waals surface area contributed by atoms with Gasteiger partial charge in [0.1, 0.15) is 0 Å². The van der Waals surface area contributed by atoms with Gasteiger partial charge in [0.15, 0.2) is 17.3 Å². The van der Waals surface area contributed by atoms with E-state index in [9.17, 15) is 20.1 Å². The maximum absolute atomic E-state index is 12.3. The first kappa shape index (κ1) is 15.6. The summed E-state index contributed by atoms with van der Waals surface area (Å²) in [4.78, 5) is 12.3. The summed E-state index contributed by atoms with van der Waals surface area (Å²) in [7, 11) is 0. The van der Waals surface area contributed by atoms with Gasteiger partial charge < -0.3 is 15.3 Å². The fraction of sp³-hybridized carbons (Fsp3) is 0.0500. The Bertz CT molecular complexity index is 868. The normalized spacial score (nSPS) is 10.5. The molecule has 4 nitrogen and oxygen atoms in total. The molecule has 0 aliphatic rings. The topological polar surface area (TPSA) is 77.8 Å². The second kappa shape index (κ2) is 6.46. The second-order valence-corrected chi connectivity index (χ2v) is 5.49. The molecular formula is C20H16O4. The van der Waals surface area contributed by atoms with Crippen molar-refractivity contribution >= 4 is 5.78 Å². The molecule has 24 heavy (non-hydrogen) atoms. The minimum atomic E-state index is -0.680. The number of rotatable bonds is 4. The van der Waals surface area contributed by atoms with Crippen LogP contribution in [-0.4, -0.2) is 21.1 Å². The van der Waals surface area contributed by atoms with Crippen LogP contribution in [0.25, 0.3) is 11.1 Å². The molecule has 0 atom stereocenters. The summed E-state index contributed by atoms with van der Waals surface area (Å²) in [6, 6.07) is 20.0. The Morgan fingerprint density at radius 2 is 1.33 bits per heavy atom. The largest absolute Gasteiger partial charge is 0.504 e. The zero-order valence-electron chi connectivity index (χ0n) is 12.8. The van der Waals surface area contributed by atoms with Crippen molar-refractivity contribution in [2.24, 2.45) is 0 Å². The van der Waals surface area contributed by atoms with Crippen molar-refractivity contribution in [1.82, 2.24) is 0 Å².